The molecule has 0 aliphatic carbocycles. The average Bonchev–Trinajstić information content (AvgIpc) is 2.44. The summed E-state index contributed by atoms with van der Waals surface area (Å²) in [5.74, 6) is 0. The van der Waals surface area contributed by atoms with E-state index in [4.69, 9.17) is 23.2 Å². The highest BCUT2D eigenvalue weighted by Gasteiger charge is 2.17. The zero-order valence-corrected chi connectivity index (χ0v) is 15.4. The van der Waals surface area contributed by atoms with Crippen molar-refractivity contribution in [3.05, 3.63) is 67.1 Å². The summed E-state index contributed by atoms with van der Waals surface area (Å²) in [5, 5.41) is 5.06. The van der Waals surface area contributed by atoms with E-state index in [9.17, 15) is 0 Å². The molecule has 0 fully saturated rings. The Morgan fingerprint density at radius 3 is 2.38 bits per heavy atom. The van der Waals surface area contributed by atoms with Gasteiger partial charge in [-0.25, -0.2) is 0 Å². The van der Waals surface area contributed by atoms with Gasteiger partial charge in [-0.2, -0.15) is 0 Å². The van der Waals surface area contributed by atoms with Crippen LogP contribution in [0.15, 0.2) is 34.8 Å². The van der Waals surface area contributed by atoms with Crippen molar-refractivity contribution in [2.45, 2.75) is 26.8 Å². The molecule has 1 N–H and O–H groups in total. The van der Waals surface area contributed by atoms with Gasteiger partial charge in [-0.05, 0) is 76.8 Å². The molecule has 21 heavy (non-hydrogen) atoms. The predicted molar refractivity (Wildman–Crippen MR) is 95.6 cm³/mol. The minimum Gasteiger partial charge on any atom is -0.307 e. The number of hydrogen-bond donors (Lipinski definition) is 1. The second-order valence-corrected chi connectivity index (χ2v) is 6.79. The Kier molecular flexibility index (Phi) is 5.73. The summed E-state index contributed by atoms with van der Waals surface area (Å²) in [6.45, 7) is 7.10. The van der Waals surface area contributed by atoms with Crippen LogP contribution in [0.1, 0.15) is 35.2 Å². The lowest BCUT2D eigenvalue weighted by Gasteiger charge is -2.22. The van der Waals surface area contributed by atoms with Gasteiger partial charge < -0.3 is 5.32 Å². The van der Waals surface area contributed by atoms with Crippen molar-refractivity contribution in [1.82, 2.24) is 5.32 Å². The van der Waals surface area contributed by atoms with Crippen LogP contribution in [0.4, 0.5) is 0 Å². The highest BCUT2D eigenvalue weighted by atomic mass is 79.9. The number of hydrogen-bond acceptors (Lipinski definition) is 1. The van der Waals surface area contributed by atoms with Crippen molar-refractivity contribution in [2.24, 2.45) is 0 Å². The second-order valence-electron chi connectivity index (χ2n) is 5.12. The number of benzene rings is 2. The van der Waals surface area contributed by atoms with Crippen molar-refractivity contribution in [3.63, 3.8) is 0 Å². The van der Waals surface area contributed by atoms with Crippen LogP contribution in [0.3, 0.4) is 0 Å². The van der Waals surface area contributed by atoms with Gasteiger partial charge in [-0.1, -0.05) is 42.3 Å². The smallest absolute Gasteiger partial charge is 0.0579 e. The van der Waals surface area contributed by atoms with E-state index >= 15 is 0 Å². The molecule has 0 saturated heterocycles. The fourth-order valence-corrected chi connectivity index (χ4v) is 3.07. The molecular formula is C17H18BrCl2N. The van der Waals surface area contributed by atoms with Gasteiger partial charge in [0.25, 0.3) is 0 Å². The van der Waals surface area contributed by atoms with Crippen molar-refractivity contribution in [1.29, 1.82) is 0 Å². The highest BCUT2D eigenvalue weighted by Crippen LogP contribution is 2.32. The summed E-state index contributed by atoms with van der Waals surface area (Å²) in [4.78, 5) is 0. The molecule has 2 aromatic rings. The molecule has 0 heterocycles. The summed E-state index contributed by atoms with van der Waals surface area (Å²) in [7, 11) is 0. The van der Waals surface area contributed by atoms with Gasteiger partial charge in [-0.3, -0.25) is 0 Å². The Bertz CT molecular complexity index is 655. The number of rotatable bonds is 4. The lowest BCUT2D eigenvalue weighted by molar-refractivity contribution is 0.627. The number of aryl methyl sites for hydroxylation is 2. The first-order valence-electron chi connectivity index (χ1n) is 6.89. The lowest BCUT2D eigenvalue weighted by Crippen LogP contribution is -2.23. The van der Waals surface area contributed by atoms with Crippen molar-refractivity contribution < 1.29 is 0 Å². The Morgan fingerprint density at radius 2 is 1.76 bits per heavy atom. The van der Waals surface area contributed by atoms with Crippen LogP contribution >= 0.6 is 39.1 Å². The number of halogens is 3. The summed E-state index contributed by atoms with van der Waals surface area (Å²) >= 11 is 15.9. The van der Waals surface area contributed by atoms with Gasteiger partial charge in [0.1, 0.15) is 0 Å². The third kappa shape index (κ3) is 3.81. The normalized spacial score (nSPS) is 12.5. The van der Waals surface area contributed by atoms with E-state index in [1.807, 2.05) is 25.1 Å². The maximum Gasteiger partial charge on any atom is 0.0579 e. The van der Waals surface area contributed by atoms with E-state index < -0.39 is 0 Å². The quantitative estimate of drug-likeness (QED) is 0.672. The Morgan fingerprint density at radius 1 is 1.05 bits per heavy atom. The van der Waals surface area contributed by atoms with E-state index in [1.165, 1.54) is 11.1 Å². The van der Waals surface area contributed by atoms with Gasteiger partial charge in [-0.15, -0.1) is 0 Å². The minimum absolute atomic E-state index is 0.108. The molecule has 112 valence electrons. The highest BCUT2D eigenvalue weighted by molar-refractivity contribution is 9.10. The summed E-state index contributed by atoms with van der Waals surface area (Å²) in [6.07, 6.45) is 0. The van der Waals surface area contributed by atoms with Crippen LogP contribution in [0.2, 0.25) is 10.0 Å². The van der Waals surface area contributed by atoms with Crippen LogP contribution < -0.4 is 5.32 Å². The van der Waals surface area contributed by atoms with Gasteiger partial charge in [0.05, 0.1) is 11.1 Å². The zero-order valence-electron chi connectivity index (χ0n) is 12.3. The first-order valence-corrected chi connectivity index (χ1v) is 8.44. The molecule has 0 spiro atoms. The molecule has 0 aliphatic rings. The summed E-state index contributed by atoms with van der Waals surface area (Å²) in [6, 6.07) is 10.4. The second kappa shape index (κ2) is 7.15. The molecule has 0 aromatic heterocycles. The molecule has 1 nitrogen and oxygen atoms in total. The largest absolute Gasteiger partial charge is 0.307 e. The topological polar surface area (TPSA) is 12.0 Å². The molecule has 1 atom stereocenters. The van der Waals surface area contributed by atoms with Crippen molar-refractivity contribution in [2.75, 3.05) is 6.54 Å². The maximum atomic E-state index is 6.25. The van der Waals surface area contributed by atoms with Gasteiger partial charge in [0.2, 0.25) is 0 Å². The first-order chi connectivity index (χ1) is 9.93. The third-order valence-electron chi connectivity index (χ3n) is 3.54. The Balaban J connectivity index is 2.52. The van der Waals surface area contributed by atoms with Gasteiger partial charge in [0, 0.05) is 9.50 Å². The van der Waals surface area contributed by atoms with E-state index in [-0.39, 0.29) is 6.04 Å². The van der Waals surface area contributed by atoms with Crippen molar-refractivity contribution in [3.8, 4) is 0 Å². The fraction of sp³-hybridized carbons (Fsp3) is 0.294. The van der Waals surface area contributed by atoms with Crippen molar-refractivity contribution >= 4 is 39.1 Å². The average molecular weight is 387 g/mol. The van der Waals surface area contributed by atoms with E-state index in [0.717, 1.165) is 32.2 Å². The molecule has 0 aliphatic heterocycles. The third-order valence-corrected chi connectivity index (χ3v) is 5.18. The number of nitrogens with one attached hydrogen (secondary N) is 1. The Labute approximate surface area is 144 Å². The molecule has 4 heteroatoms. The van der Waals surface area contributed by atoms with E-state index in [2.05, 4.69) is 47.2 Å². The molecule has 2 rings (SSSR count). The minimum atomic E-state index is 0.108. The van der Waals surface area contributed by atoms with E-state index in [0.29, 0.717) is 0 Å². The maximum absolute atomic E-state index is 6.25. The molecule has 0 bridgehead atoms. The van der Waals surface area contributed by atoms with Gasteiger partial charge >= 0.3 is 0 Å². The molecule has 0 radical (unpaired) electrons. The molecular weight excluding hydrogens is 369 g/mol. The van der Waals surface area contributed by atoms with Gasteiger partial charge in [0.15, 0.2) is 0 Å². The summed E-state index contributed by atoms with van der Waals surface area (Å²) < 4.78 is 0.909. The fourth-order valence-electron chi connectivity index (χ4n) is 2.42. The molecule has 1 unspecified atom stereocenters. The SMILES string of the molecule is CCNC(c1ccc(Br)c(Cl)c1)c1cc(C)c(Cl)cc1C. The standard InChI is InChI=1S/C17H18BrCl2N/c1-4-21-17(12-5-6-14(18)16(20)9-12)13-7-11(3)15(19)8-10(13)2/h5-9,17,21H,4H2,1-3H3. The monoisotopic (exact) mass is 385 g/mol. The molecule has 2 aromatic carbocycles. The van der Waals surface area contributed by atoms with Crippen LogP contribution in [-0.4, -0.2) is 6.54 Å². The first kappa shape index (κ1) is 16.8. The van der Waals surface area contributed by atoms with Crippen LogP contribution in [0, 0.1) is 13.8 Å². The zero-order chi connectivity index (χ0) is 15.6. The Hall–Kier alpha value is -0.540. The van der Waals surface area contributed by atoms with Crippen LogP contribution in [-0.2, 0) is 0 Å². The lowest BCUT2D eigenvalue weighted by atomic mass is 9.93. The van der Waals surface area contributed by atoms with Crippen LogP contribution in [0.25, 0.3) is 0 Å². The van der Waals surface area contributed by atoms with Crippen LogP contribution in [0.5, 0.6) is 0 Å². The molecule has 0 amide bonds. The predicted octanol–water partition coefficient (Wildman–Crippen LogP) is 6.07. The summed E-state index contributed by atoms with van der Waals surface area (Å²) in [5.41, 5.74) is 4.64. The van der Waals surface area contributed by atoms with E-state index in [1.54, 1.807) is 0 Å². The molecule has 0 saturated carbocycles.